The molecule has 2 heterocycles. The molecule has 0 aliphatic carbocycles. The largest absolute Gasteiger partial charge is 0.208 e. The number of hydrogen-bond acceptors (Lipinski definition) is 4. The fraction of sp³-hybridized carbons (Fsp3) is 0. The molecule has 0 aliphatic rings. The maximum absolute atomic E-state index is 5.32. The van der Waals surface area contributed by atoms with Gasteiger partial charge in [0.25, 0.3) is 0 Å². The second-order valence-corrected chi connectivity index (χ2v) is 17.7. The molecule has 274 valence electrons. The van der Waals surface area contributed by atoms with Crippen LogP contribution in [0, 0.1) is 0 Å². The first-order valence-corrected chi connectivity index (χ1v) is 21.8. The Morgan fingerprint density at radius 2 is 0.667 bits per heavy atom. The van der Waals surface area contributed by atoms with E-state index in [2.05, 4.69) is 177 Å². The smallest absolute Gasteiger partial charge is 0.164 e. The number of fused-ring (bicyclic) bond motifs is 3. The fourth-order valence-corrected chi connectivity index (χ4v) is 10.9. The molecule has 3 nitrogen and oxygen atoms in total. The van der Waals surface area contributed by atoms with Crippen molar-refractivity contribution in [3.8, 4) is 67.5 Å². The van der Waals surface area contributed by atoms with Crippen molar-refractivity contribution in [3.05, 3.63) is 109 Å². The summed E-state index contributed by atoms with van der Waals surface area (Å²) in [4.78, 5) is 15.7. The van der Waals surface area contributed by atoms with Crippen molar-refractivity contribution in [2.45, 2.75) is 0 Å². The Balaban J connectivity index is 1.24. The Labute approximate surface area is 367 Å². The first-order valence-electron chi connectivity index (χ1n) is 21.0. The predicted octanol–water partition coefficient (Wildman–Crippen LogP) is -6.92. The van der Waals surface area contributed by atoms with Crippen molar-refractivity contribution in [2.75, 3.05) is 0 Å². The molecule has 0 radical (unpaired) electrons. The molecule has 0 spiro atoms. The lowest BCUT2D eigenvalue weighted by molar-refractivity contribution is 1.08. The third kappa shape index (κ3) is 6.48. The topological polar surface area (TPSA) is 38.7 Å². The van der Waals surface area contributed by atoms with E-state index in [0.29, 0.717) is 17.5 Å². The molecule has 60 heavy (non-hydrogen) atoms. The number of nitrogens with zero attached hydrogens (tertiary/aromatic N) is 3. The average molecular weight is 774 g/mol. The van der Waals surface area contributed by atoms with Gasteiger partial charge in [0.15, 0.2) is 17.5 Å². The summed E-state index contributed by atoms with van der Waals surface area (Å²) in [6.07, 6.45) is 0. The van der Waals surface area contributed by atoms with Crippen LogP contribution in [0.4, 0.5) is 0 Å². The molecule has 7 aromatic carbocycles. The van der Waals surface area contributed by atoms with E-state index >= 15 is 0 Å². The van der Waals surface area contributed by atoms with Gasteiger partial charge in [0.05, 0.1) is 0 Å². The maximum atomic E-state index is 5.32. The van der Waals surface area contributed by atoms with Crippen molar-refractivity contribution in [1.82, 2.24) is 15.0 Å². The van der Waals surface area contributed by atoms with Crippen LogP contribution in [0.5, 0.6) is 0 Å². The second-order valence-electron chi connectivity index (χ2n) is 16.7. The van der Waals surface area contributed by atoms with E-state index in [9.17, 15) is 0 Å². The van der Waals surface area contributed by atoms with Crippen LogP contribution >= 0.6 is 11.3 Å². The SMILES string of the molecule is Bc1c(B)c(B)c(-c2c(B)c(B)c(B)c3c2sc2c(B)c(-c4nc(-c5ccccc5)nc(-c5ccc(-c6cccc(-c7ccccc7)c6)cc5)n4)c(B)c(B)c23)c(B)c1B. The van der Waals surface area contributed by atoms with Crippen LogP contribution in [-0.4, -0.2) is 101 Å². The first-order chi connectivity index (χ1) is 28.8. The lowest BCUT2D eigenvalue weighted by Crippen LogP contribution is -2.56. The number of rotatable bonds is 6. The molecule has 9 rings (SSSR count). The third-order valence-electron chi connectivity index (χ3n) is 13.6. The summed E-state index contributed by atoms with van der Waals surface area (Å²) in [5.41, 5.74) is 25.2. The first kappa shape index (κ1) is 39.9. The van der Waals surface area contributed by atoms with Crippen LogP contribution in [0.1, 0.15) is 0 Å². The molecule has 0 N–H and O–H groups in total. The molecule has 0 aliphatic heterocycles. The van der Waals surface area contributed by atoms with Gasteiger partial charge in [-0.05, 0) is 50.2 Å². The van der Waals surface area contributed by atoms with Crippen molar-refractivity contribution < 1.29 is 0 Å². The molecule has 15 heteroatoms. The summed E-state index contributed by atoms with van der Waals surface area (Å²) in [7, 11) is 25.3. The van der Waals surface area contributed by atoms with Gasteiger partial charge in [-0.25, -0.2) is 15.0 Å². The van der Waals surface area contributed by atoms with Gasteiger partial charge < -0.3 is 0 Å². The van der Waals surface area contributed by atoms with Crippen molar-refractivity contribution in [1.29, 1.82) is 0 Å². The zero-order valence-electron chi connectivity index (χ0n) is 36.6. The Morgan fingerprint density at radius 1 is 0.283 bits per heavy atom. The normalized spacial score (nSPS) is 11.4. The van der Waals surface area contributed by atoms with Crippen LogP contribution in [-0.2, 0) is 0 Å². The molecule has 9 aromatic rings. The van der Waals surface area contributed by atoms with Crippen molar-refractivity contribution in [3.63, 3.8) is 0 Å². The van der Waals surface area contributed by atoms with Gasteiger partial charge in [0, 0.05) is 26.1 Å². The van der Waals surface area contributed by atoms with Crippen LogP contribution in [0.25, 0.3) is 87.7 Å². The summed E-state index contributed by atoms with van der Waals surface area (Å²) >= 11 is 1.94. The van der Waals surface area contributed by atoms with Gasteiger partial charge in [0.1, 0.15) is 86.3 Å². The molecular weight excluding hydrogens is 734 g/mol. The highest BCUT2D eigenvalue weighted by molar-refractivity contribution is 7.28. The van der Waals surface area contributed by atoms with E-state index in [1.54, 1.807) is 0 Å². The van der Waals surface area contributed by atoms with E-state index < -0.39 is 0 Å². The summed E-state index contributed by atoms with van der Waals surface area (Å²) in [6.45, 7) is 0. The fourth-order valence-electron chi connectivity index (χ4n) is 9.35. The molecule has 0 fully saturated rings. The van der Waals surface area contributed by atoms with Gasteiger partial charge >= 0.3 is 0 Å². The monoisotopic (exact) mass is 775 g/mol. The lowest BCUT2D eigenvalue weighted by Gasteiger charge is -2.24. The number of thiophene rings is 1. The lowest BCUT2D eigenvalue weighted by atomic mass is 9.58. The highest BCUT2D eigenvalue weighted by Crippen LogP contribution is 2.37. The van der Waals surface area contributed by atoms with Gasteiger partial charge in [0.2, 0.25) is 0 Å². The minimum absolute atomic E-state index is 0.664. The molecule has 2 aromatic heterocycles. The van der Waals surface area contributed by atoms with E-state index in [0.717, 1.165) is 22.3 Å². The quantitative estimate of drug-likeness (QED) is 0.158. The van der Waals surface area contributed by atoms with E-state index in [1.807, 2.05) is 29.5 Å². The summed E-state index contributed by atoms with van der Waals surface area (Å²) in [6, 6.07) is 38.2. The number of hydrogen-bond donors (Lipinski definition) is 0. The minimum Gasteiger partial charge on any atom is -0.208 e. The van der Waals surface area contributed by atoms with Gasteiger partial charge in [-0.3, -0.25) is 0 Å². The van der Waals surface area contributed by atoms with Gasteiger partial charge in [-0.1, -0.05) is 141 Å². The number of aromatic nitrogens is 3. The van der Waals surface area contributed by atoms with Crippen LogP contribution in [0.15, 0.2) is 109 Å². The van der Waals surface area contributed by atoms with E-state index in [4.69, 9.17) is 15.0 Å². The molecular formula is C45H40B11N3S. The Morgan fingerprint density at radius 3 is 1.25 bits per heavy atom. The van der Waals surface area contributed by atoms with E-state index in [1.165, 1.54) is 108 Å². The zero-order chi connectivity index (χ0) is 42.1. The minimum atomic E-state index is 0.664. The zero-order valence-corrected chi connectivity index (χ0v) is 37.5. The van der Waals surface area contributed by atoms with Crippen LogP contribution < -0.4 is 60.1 Å². The Bertz CT molecular complexity index is 3180. The molecule has 0 bridgehead atoms. The Kier molecular flexibility index (Phi) is 10.3. The molecule has 0 unspecified atom stereocenters. The average Bonchev–Trinajstić information content (AvgIpc) is 3.69. The summed E-state index contributed by atoms with van der Waals surface area (Å²) in [5, 5.41) is 2.74. The highest BCUT2D eigenvalue weighted by Gasteiger charge is 2.26. The van der Waals surface area contributed by atoms with Crippen LogP contribution in [0.2, 0.25) is 0 Å². The highest BCUT2D eigenvalue weighted by atomic mass is 32.1. The standard InChI is InChI=1S/C45H40B11N3S/c46-30-25(31(47)39(55)40(56)38(30)54)26-33(49)37(53)34(50)27-28-32(48)35(51)29(36(52)42(28)60-41(26)27)45-58-43(21-10-5-2-6-11-21)57-44(59-45)22-16-14-20(15-17-22)24-13-7-12-23(18-24)19-8-3-1-4-9-19/h1-18H,46-56H2. The third-order valence-corrected chi connectivity index (χ3v) is 15.0. The molecule has 0 atom stereocenters. The summed E-state index contributed by atoms with van der Waals surface area (Å²) < 4.78 is 2.68. The van der Waals surface area contributed by atoms with Gasteiger partial charge in [-0.15, -0.1) is 33.2 Å². The van der Waals surface area contributed by atoms with Gasteiger partial charge in [-0.2, -0.15) is 0 Å². The van der Waals surface area contributed by atoms with Crippen molar-refractivity contribution in [2.24, 2.45) is 0 Å². The predicted molar refractivity (Wildman–Crippen MR) is 295 cm³/mol. The maximum Gasteiger partial charge on any atom is 0.164 e. The second kappa shape index (κ2) is 15.5. The number of benzene rings is 7. The van der Waals surface area contributed by atoms with Crippen molar-refractivity contribution >= 4 is 178 Å². The molecule has 0 amide bonds. The Hall–Kier alpha value is -5.52. The molecule has 0 saturated heterocycles. The van der Waals surface area contributed by atoms with E-state index in [-0.39, 0.29) is 0 Å². The summed E-state index contributed by atoms with van der Waals surface area (Å²) in [5.74, 6) is 2.04. The van der Waals surface area contributed by atoms with Crippen LogP contribution in [0.3, 0.4) is 0 Å². The molecule has 0 saturated carbocycles.